The molecule has 0 unspecified atom stereocenters. The highest BCUT2D eigenvalue weighted by atomic mass is 16.6. The van der Waals surface area contributed by atoms with Crippen molar-refractivity contribution in [2.24, 2.45) is 5.92 Å². The molecule has 154 valence electrons. The number of nitrogens with one attached hydrogen (secondary N) is 1. The van der Waals surface area contributed by atoms with Gasteiger partial charge in [0, 0.05) is 30.5 Å². The van der Waals surface area contributed by atoms with Crippen molar-refractivity contribution in [3.63, 3.8) is 0 Å². The van der Waals surface area contributed by atoms with Crippen molar-refractivity contribution in [1.82, 2.24) is 0 Å². The molecular formula is C21H25N3O5. The van der Waals surface area contributed by atoms with Gasteiger partial charge in [0.05, 0.1) is 25.2 Å². The second-order valence-electron chi connectivity index (χ2n) is 7.15. The van der Waals surface area contributed by atoms with E-state index in [0.717, 1.165) is 24.7 Å². The predicted molar refractivity (Wildman–Crippen MR) is 111 cm³/mol. The molecule has 0 saturated carbocycles. The molecule has 1 fully saturated rings. The van der Waals surface area contributed by atoms with E-state index < -0.39 is 10.8 Å². The predicted octanol–water partition coefficient (Wildman–Crippen LogP) is 4.10. The van der Waals surface area contributed by atoms with Gasteiger partial charge in [-0.15, -0.1) is 0 Å². The lowest BCUT2D eigenvalue weighted by atomic mass is 9.99. The van der Waals surface area contributed by atoms with Gasteiger partial charge in [-0.3, -0.25) is 14.9 Å². The van der Waals surface area contributed by atoms with Crippen molar-refractivity contribution in [3.05, 3.63) is 52.1 Å². The van der Waals surface area contributed by atoms with Crippen molar-refractivity contribution < 1.29 is 19.2 Å². The normalized spacial score (nSPS) is 14.4. The van der Waals surface area contributed by atoms with E-state index >= 15 is 0 Å². The number of ether oxygens (including phenoxy) is 2. The number of methoxy groups -OCH3 is 2. The molecule has 0 spiro atoms. The summed E-state index contributed by atoms with van der Waals surface area (Å²) in [4.78, 5) is 25.8. The van der Waals surface area contributed by atoms with Gasteiger partial charge < -0.3 is 19.7 Å². The molecule has 1 aliphatic rings. The van der Waals surface area contributed by atoms with E-state index in [-0.39, 0.29) is 22.7 Å². The fourth-order valence-corrected chi connectivity index (χ4v) is 3.42. The van der Waals surface area contributed by atoms with Crippen LogP contribution in [0.3, 0.4) is 0 Å². The third-order valence-corrected chi connectivity index (χ3v) is 5.22. The first-order chi connectivity index (χ1) is 13.9. The van der Waals surface area contributed by atoms with Crippen molar-refractivity contribution in [3.8, 4) is 11.5 Å². The van der Waals surface area contributed by atoms with Gasteiger partial charge in [-0.2, -0.15) is 0 Å². The first kappa shape index (κ1) is 20.4. The van der Waals surface area contributed by atoms with E-state index in [4.69, 9.17) is 9.47 Å². The number of hydrogen-bond donors (Lipinski definition) is 1. The number of carbonyl (C=O) groups is 1. The number of nitrogens with zero attached hydrogens (tertiary/aromatic N) is 2. The standard InChI is InChI=1S/C21H25N3O5/c1-14-8-10-23(11-9-14)16-6-4-15(5-7-16)22-21(25)17-12-19(28-2)20(29-3)13-18(17)24(26)27/h4-7,12-14H,8-11H2,1-3H3,(H,22,25). The number of benzene rings is 2. The zero-order valence-corrected chi connectivity index (χ0v) is 16.8. The molecular weight excluding hydrogens is 374 g/mol. The van der Waals surface area contributed by atoms with Crippen molar-refractivity contribution >= 4 is 23.0 Å². The lowest BCUT2D eigenvalue weighted by Gasteiger charge is -2.32. The lowest BCUT2D eigenvalue weighted by Crippen LogP contribution is -2.32. The van der Waals surface area contributed by atoms with E-state index in [1.807, 2.05) is 12.1 Å². The van der Waals surface area contributed by atoms with Gasteiger partial charge in [0.2, 0.25) is 0 Å². The van der Waals surface area contributed by atoms with Crippen LogP contribution in [0.25, 0.3) is 0 Å². The Bertz CT molecular complexity index is 890. The molecule has 29 heavy (non-hydrogen) atoms. The number of anilines is 2. The molecule has 8 nitrogen and oxygen atoms in total. The Labute approximate surface area is 169 Å². The lowest BCUT2D eigenvalue weighted by molar-refractivity contribution is -0.385. The summed E-state index contributed by atoms with van der Waals surface area (Å²) in [7, 11) is 2.79. The fourth-order valence-electron chi connectivity index (χ4n) is 3.42. The molecule has 8 heteroatoms. The zero-order chi connectivity index (χ0) is 21.0. The Hall–Kier alpha value is -3.29. The van der Waals surface area contributed by atoms with Crippen LogP contribution < -0.4 is 19.7 Å². The first-order valence-corrected chi connectivity index (χ1v) is 9.49. The third kappa shape index (κ3) is 4.59. The maximum atomic E-state index is 12.7. The van der Waals surface area contributed by atoms with Crippen molar-refractivity contribution in [2.45, 2.75) is 19.8 Å². The largest absolute Gasteiger partial charge is 0.493 e. The highest BCUT2D eigenvalue weighted by Gasteiger charge is 2.25. The Morgan fingerprint density at radius 1 is 1.10 bits per heavy atom. The minimum absolute atomic E-state index is 0.0956. The van der Waals surface area contributed by atoms with Gasteiger partial charge in [0.15, 0.2) is 11.5 Å². The van der Waals surface area contributed by atoms with Crippen LogP contribution in [-0.2, 0) is 0 Å². The second-order valence-corrected chi connectivity index (χ2v) is 7.15. The Morgan fingerprint density at radius 2 is 1.69 bits per heavy atom. The number of amides is 1. The smallest absolute Gasteiger partial charge is 0.286 e. The molecule has 1 N–H and O–H groups in total. The maximum absolute atomic E-state index is 12.7. The second kappa shape index (κ2) is 8.81. The van der Waals surface area contributed by atoms with Crippen molar-refractivity contribution in [2.75, 3.05) is 37.5 Å². The Morgan fingerprint density at radius 3 is 2.24 bits per heavy atom. The number of rotatable bonds is 6. The molecule has 0 atom stereocenters. The van der Waals surface area contributed by atoms with E-state index in [9.17, 15) is 14.9 Å². The molecule has 0 aliphatic carbocycles. The van der Waals surface area contributed by atoms with E-state index in [2.05, 4.69) is 17.1 Å². The number of carbonyl (C=O) groups excluding carboxylic acids is 1. The zero-order valence-electron chi connectivity index (χ0n) is 16.8. The summed E-state index contributed by atoms with van der Waals surface area (Å²) >= 11 is 0. The maximum Gasteiger partial charge on any atom is 0.286 e. The van der Waals surface area contributed by atoms with Crippen LogP contribution in [0.15, 0.2) is 36.4 Å². The van der Waals surface area contributed by atoms with Gasteiger partial charge in [-0.1, -0.05) is 6.92 Å². The monoisotopic (exact) mass is 399 g/mol. The summed E-state index contributed by atoms with van der Waals surface area (Å²) in [5.74, 6) is 0.605. The summed E-state index contributed by atoms with van der Waals surface area (Å²) in [6, 6.07) is 10.0. The number of nitro benzene ring substituents is 1. The summed E-state index contributed by atoms with van der Waals surface area (Å²) in [6.45, 7) is 4.30. The Kier molecular flexibility index (Phi) is 6.21. The SMILES string of the molecule is COc1cc(C(=O)Nc2ccc(N3CCC(C)CC3)cc2)c([N+](=O)[O-])cc1OC. The van der Waals surface area contributed by atoms with Gasteiger partial charge in [-0.05, 0) is 43.0 Å². The molecule has 0 bridgehead atoms. The summed E-state index contributed by atoms with van der Waals surface area (Å²) in [6.07, 6.45) is 2.34. The van der Waals surface area contributed by atoms with Crippen LogP contribution in [-0.4, -0.2) is 38.1 Å². The highest BCUT2D eigenvalue weighted by Crippen LogP contribution is 2.35. The van der Waals surface area contributed by atoms with Crippen LogP contribution in [0.5, 0.6) is 11.5 Å². The van der Waals surface area contributed by atoms with Gasteiger partial charge in [0.25, 0.3) is 11.6 Å². The van der Waals surface area contributed by atoms with Crippen LogP contribution in [0.4, 0.5) is 17.1 Å². The molecule has 1 saturated heterocycles. The van der Waals surface area contributed by atoms with Crippen LogP contribution >= 0.6 is 0 Å². The minimum Gasteiger partial charge on any atom is -0.493 e. The average molecular weight is 399 g/mol. The van der Waals surface area contributed by atoms with Gasteiger partial charge >= 0.3 is 0 Å². The summed E-state index contributed by atoms with van der Waals surface area (Å²) in [5.41, 5.74) is 1.22. The average Bonchev–Trinajstić information content (AvgIpc) is 2.73. The minimum atomic E-state index is -0.614. The van der Waals surface area contributed by atoms with Crippen molar-refractivity contribution in [1.29, 1.82) is 0 Å². The molecule has 0 radical (unpaired) electrons. The van der Waals surface area contributed by atoms with Gasteiger partial charge in [-0.25, -0.2) is 0 Å². The summed E-state index contributed by atoms with van der Waals surface area (Å²) in [5, 5.41) is 14.1. The topological polar surface area (TPSA) is 93.9 Å². The number of nitro groups is 1. The van der Waals surface area contributed by atoms with E-state index in [1.165, 1.54) is 39.2 Å². The number of piperidine rings is 1. The molecule has 2 aromatic carbocycles. The number of hydrogen-bond acceptors (Lipinski definition) is 6. The van der Waals surface area contributed by atoms with E-state index in [1.54, 1.807) is 12.1 Å². The molecule has 1 aliphatic heterocycles. The highest BCUT2D eigenvalue weighted by molar-refractivity contribution is 6.07. The fraction of sp³-hybridized carbons (Fsp3) is 0.381. The molecule has 2 aromatic rings. The molecule has 1 heterocycles. The van der Waals surface area contributed by atoms with Gasteiger partial charge in [0.1, 0.15) is 5.56 Å². The van der Waals surface area contributed by atoms with Crippen LogP contribution in [0.2, 0.25) is 0 Å². The first-order valence-electron chi connectivity index (χ1n) is 9.49. The Balaban J connectivity index is 1.78. The molecule has 0 aromatic heterocycles. The van der Waals surface area contributed by atoms with E-state index in [0.29, 0.717) is 5.69 Å². The summed E-state index contributed by atoms with van der Waals surface area (Å²) < 4.78 is 10.3. The molecule has 1 amide bonds. The molecule has 3 rings (SSSR count). The quantitative estimate of drug-likeness (QED) is 0.581. The van der Waals surface area contributed by atoms with Crippen LogP contribution in [0, 0.1) is 16.0 Å². The van der Waals surface area contributed by atoms with Crippen LogP contribution in [0.1, 0.15) is 30.1 Å². The third-order valence-electron chi connectivity index (χ3n) is 5.22.